The summed E-state index contributed by atoms with van der Waals surface area (Å²) in [4.78, 5) is 13.6. The Labute approximate surface area is 145 Å². The van der Waals surface area contributed by atoms with E-state index in [4.69, 9.17) is 4.42 Å². The van der Waals surface area contributed by atoms with Gasteiger partial charge in [0.1, 0.15) is 0 Å². The lowest BCUT2D eigenvalue weighted by Gasteiger charge is -2.17. The predicted octanol–water partition coefficient (Wildman–Crippen LogP) is 3.47. The number of carbonyl (C=O) groups excluding carboxylic acids is 1. The van der Waals surface area contributed by atoms with Crippen molar-refractivity contribution in [2.45, 2.75) is 38.1 Å². The number of hydrogen-bond acceptors (Lipinski definition) is 5. The van der Waals surface area contributed by atoms with Crippen LogP contribution in [0.25, 0.3) is 11.5 Å². The molecule has 0 atom stereocenters. The lowest BCUT2D eigenvalue weighted by atomic mass is 10.0. The zero-order chi connectivity index (χ0) is 16.4. The molecule has 2 saturated heterocycles. The maximum atomic E-state index is 11.7. The van der Waals surface area contributed by atoms with E-state index < -0.39 is 0 Å². The Kier molecular flexibility index (Phi) is 4.56. The molecule has 2 aliphatic rings. The third-order valence-electron chi connectivity index (χ3n) is 4.76. The van der Waals surface area contributed by atoms with Crippen LogP contribution in [0, 0.1) is 0 Å². The number of hydrogen-bond donors (Lipinski definition) is 0. The monoisotopic (exact) mass is 343 g/mol. The minimum atomic E-state index is 0.256. The van der Waals surface area contributed by atoms with Crippen molar-refractivity contribution in [1.29, 1.82) is 0 Å². The molecule has 6 heteroatoms. The van der Waals surface area contributed by atoms with Gasteiger partial charge in [-0.3, -0.25) is 4.79 Å². The summed E-state index contributed by atoms with van der Waals surface area (Å²) in [6.07, 6.45) is 3.90. The van der Waals surface area contributed by atoms with Crippen LogP contribution in [0.5, 0.6) is 0 Å². The number of likely N-dealkylation sites (tertiary alicyclic amines) is 1. The van der Waals surface area contributed by atoms with Gasteiger partial charge in [-0.05, 0) is 48.5 Å². The molecule has 1 aromatic carbocycles. The highest BCUT2D eigenvalue weighted by atomic mass is 32.2. The molecule has 3 heterocycles. The molecule has 4 rings (SSSR count). The van der Waals surface area contributed by atoms with Gasteiger partial charge in [0.15, 0.2) is 0 Å². The summed E-state index contributed by atoms with van der Waals surface area (Å²) in [6.45, 7) is 1.56. The first kappa shape index (κ1) is 15.7. The van der Waals surface area contributed by atoms with Crippen molar-refractivity contribution in [2.75, 3.05) is 18.1 Å². The van der Waals surface area contributed by atoms with E-state index in [-0.39, 0.29) is 5.91 Å². The minimum Gasteiger partial charge on any atom is -0.420 e. The Morgan fingerprint density at radius 2 is 1.96 bits per heavy atom. The van der Waals surface area contributed by atoms with E-state index in [2.05, 4.69) is 10.2 Å². The molecule has 5 nitrogen and oxygen atoms in total. The molecule has 0 unspecified atom stereocenters. The van der Waals surface area contributed by atoms with Crippen LogP contribution in [0.3, 0.4) is 0 Å². The molecular formula is C18H21N3O2S. The van der Waals surface area contributed by atoms with Crippen LogP contribution >= 0.6 is 11.8 Å². The number of aromatic nitrogens is 2. The van der Waals surface area contributed by atoms with Crippen molar-refractivity contribution in [3.05, 3.63) is 35.7 Å². The summed E-state index contributed by atoms with van der Waals surface area (Å²) in [5.74, 6) is 4.38. The van der Waals surface area contributed by atoms with Gasteiger partial charge in [0.2, 0.25) is 17.7 Å². The molecule has 1 amide bonds. The standard InChI is InChI=1S/C18H21N3O2S/c22-16-2-1-9-21(16)12-13-3-5-14(6-4-13)17-19-20-18(23-17)15-7-10-24-11-8-15/h3-6,15H,1-2,7-12H2. The Balaban J connectivity index is 1.44. The van der Waals surface area contributed by atoms with Crippen LogP contribution in [-0.2, 0) is 11.3 Å². The van der Waals surface area contributed by atoms with Crippen LogP contribution in [-0.4, -0.2) is 39.1 Å². The Bertz CT molecular complexity index is 707. The molecule has 0 radical (unpaired) electrons. The zero-order valence-electron chi connectivity index (χ0n) is 13.6. The number of thioether (sulfide) groups is 1. The molecule has 126 valence electrons. The maximum absolute atomic E-state index is 11.7. The summed E-state index contributed by atoms with van der Waals surface area (Å²) in [6, 6.07) is 8.10. The van der Waals surface area contributed by atoms with Crippen LogP contribution in [0.2, 0.25) is 0 Å². The summed E-state index contributed by atoms with van der Waals surface area (Å²) < 4.78 is 5.90. The highest BCUT2D eigenvalue weighted by Gasteiger charge is 2.22. The molecule has 2 aromatic rings. The van der Waals surface area contributed by atoms with Crippen LogP contribution in [0.15, 0.2) is 28.7 Å². The first-order valence-electron chi connectivity index (χ1n) is 8.58. The van der Waals surface area contributed by atoms with E-state index in [0.29, 0.717) is 24.8 Å². The van der Waals surface area contributed by atoms with Gasteiger partial charge in [-0.25, -0.2) is 0 Å². The number of amides is 1. The van der Waals surface area contributed by atoms with E-state index in [9.17, 15) is 4.79 Å². The fourth-order valence-electron chi connectivity index (χ4n) is 3.31. The Morgan fingerprint density at radius 1 is 1.17 bits per heavy atom. The van der Waals surface area contributed by atoms with E-state index >= 15 is 0 Å². The van der Waals surface area contributed by atoms with Crippen LogP contribution in [0.1, 0.15) is 43.1 Å². The first-order valence-corrected chi connectivity index (χ1v) is 9.73. The lowest BCUT2D eigenvalue weighted by Crippen LogP contribution is -2.23. The molecule has 0 aliphatic carbocycles. The van der Waals surface area contributed by atoms with Gasteiger partial charge in [0.05, 0.1) is 0 Å². The minimum absolute atomic E-state index is 0.256. The molecule has 24 heavy (non-hydrogen) atoms. The second-order valence-electron chi connectivity index (χ2n) is 6.45. The van der Waals surface area contributed by atoms with E-state index in [1.807, 2.05) is 40.9 Å². The van der Waals surface area contributed by atoms with Crippen molar-refractivity contribution in [1.82, 2.24) is 15.1 Å². The largest absolute Gasteiger partial charge is 0.420 e. The quantitative estimate of drug-likeness (QED) is 0.851. The topological polar surface area (TPSA) is 59.2 Å². The first-order chi connectivity index (χ1) is 11.8. The van der Waals surface area contributed by atoms with Crippen molar-refractivity contribution in [2.24, 2.45) is 0 Å². The smallest absolute Gasteiger partial charge is 0.247 e. The summed E-state index contributed by atoms with van der Waals surface area (Å²) in [5, 5.41) is 8.47. The van der Waals surface area contributed by atoms with Gasteiger partial charge < -0.3 is 9.32 Å². The fraction of sp³-hybridized carbons (Fsp3) is 0.500. The fourth-order valence-corrected chi connectivity index (χ4v) is 4.41. The number of nitrogens with zero attached hydrogens (tertiary/aromatic N) is 3. The average Bonchev–Trinajstić information content (AvgIpc) is 3.26. The SMILES string of the molecule is O=C1CCCN1Cc1ccc(-c2nnc(C3CCSCC3)o2)cc1. The third kappa shape index (κ3) is 3.34. The third-order valence-corrected chi connectivity index (χ3v) is 5.81. The van der Waals surface area contributed by atoms with Crippen molar-refractivity contribution < 1.29 is 9.21 Å². The zero-order valence-corrected chi connectivity index (χ0v) is 14.4. The van der Waals surface area contributed by atoms with E-state index in [1.54, 1.807) is 0 Å². The second-order valence-corrected chi connectivity index (χ2v) is 7.67. The maximum Gasteiger partial charge on any atom is 0.247 e. The van der Waals surface area contributed by atoms with Gasteiger partial charge in [-0.1, -0.05) is 12.1 Å². The highest BCUT2D eigenvalue weighted by Crippen LogP contribution is 2.32. The molecule has 0 saturated carbocycles. The molecular weight excluding hydrogens is 322 g/mol. The molecule has 2 aliphatic heterocycles. The predicted molar refractivity (Wildman–Crippen MR) is 93.7 cm³/mol. The second kappa shape index (κ2) is 6.97. The van der Waals surface area contributed by atoms with Gasteiger partial charge in [-0.2, -0.15) is 11.8 Å². The van der Waals surface area contributed by atoms with Crippen molar-refractivity contribution in [3.63, 3.8) is 0 Å². The van der Waals surface area contributed by atoms with Crippen molar-refractivity contribution in [3.8, 4) is 11.5 Å². The number of rotatable bonds is 4. The summed E-state index contributed by atoms with van der Waals surface area (Å²) in [7, 11) is 0. The van der Waals surface area contributed by atoms with Crippen molar-refractivity contribution >= 4 is 17.7 Å². The van der Waals surface area contributed by atoms with Crippen LogP contribution in [0.4, 0.5) is 0 Å². The Morgan fingerprint density at radius 3 is 2.67 bits per heavy atom. The summed E-state index contributed by atoms with van der Waals surface area (Å²) in [5.41, 5.74) is 2.08. The van der Waals surface area contributed by atoms with Gasteiger partial charge in [-0.15, -0.1) is 10.2 Å². The van der Waals surface area contributed by atoms with E-state index in [0.717, 1.165) is 42.8 Å². The van der Waals surface area contributed by atoms with Gasteiger partial charge >= 0.3 is 0 Å². The molecule has 1 aromatic heterocycles. The molecule has 0 N–H and O–H groups in total. The highest BCUT2D eigenvalue weighted by molar-refractivity contribution is 7.99. The van der Waals surface area contributed by atoms with Gasteiger partial charge in [0, 0.05) is 31.0 Å². The average molecular weight is 343 g/mol. The molecule has 0 bridgehead atoms. The Hall–Kier alpha value is -1.82. The summed E-state index contributed by atoms with van der Waals surface area (Å²) >= 11 is 1.99. The lowest BCUT2D eigenvalue weighted by molar-refractivity contribution is -0.128. The normalized spacial score (nSPS) is 19.2. The molecule has 2 fully saturated rings. The van der Waals surface area contributed by atoms with Crippen LogP contribution < -0.4 is 0 Å². The molecule has 0 spiro atoms. The number of benzene rings is 1. The van der Waals surface area contributed by atoms with Gasteiger partial charge in [0.25, 0.3) is 0 Å². The number of carbonyl (C=O) groups is 1. The van der Waals surface area contributed by atoms with E-state index in [1.165, 1.54) is 11.5 Å².